The molecule has 0 fully saturated rings. The van der Waals surface area contributed by atoms with Crippen molar-refractivity contribution < 1.29 is 0 Å². The summed E-state index contributed by atoms with van der Waals surface area (Å²) in [6, 6.07) is 8.37. The molecular weight excluding hydrogens is 326 g/mol. The average Bonchev–Trinajstić information content (AvgIpc) is 3.01. The van der Waals surface area contributed by atoms with Gasteiger partial charge in [0.1, 0.15) is 0 Å². The van der Waals surface area contributed by atoms with Gasteiger partial charge in [-0.3, -0.25) is 13.9 Å². The second-order valence-corrected chi connectivity index (χ2v) is 6.75. The van der Waals surface area contributed by atoms with Crippen molar-refractivity contribution in [2.45, 2.75) is 11.8 Å². The molecule has 0 saturated heterocycles. The number of nitrogens with zero attached hydrogens (tertiary/aromatic N) is 3. The van der Waals surface area contributed by atoms with Crippen LogP contribution >= 0.6 is 11.8 Å². The Balaban J connectivity index is 1.69. The molecule has 3 aromatic rings. The summed E-state index contributed by atoms with van der Waals surface area (Å²) in [5.74, 6) is 1.35. The Morgan fingerprint density at radius 2 is 1.88 bits per heavy atom. The fraction of sp³-hybridized carbons (Fsp3) is 0.312. The number of rotatable bonds is 5. The Bertz CT molecular complexity index is 985. The first-order valence-electron chi connectivity index (χ1n) is 7.56. The number of hydrogen-bond acceptors (Lipinski definition) is 5. The Kier molecular flexibility index (Phi) is 4.48. The van der Waals surface area contributed by atoms with E-state index in [4.69, 9.17) is 0 Å². The normalized spacial score (nSPS) is 11.1. The fourth-order valence-electron chi connectivity index (χ4n) is 2.38. The van der Waals surface area contributed by atoms with Crippen molar-refractivity contribution in [1.29, 1.82) is 0 Å². The SMILES string of the molecule is Cc1ccc(SCCNc2nc3c([nH]2)c(=O)n(C)c(=O)n3C)cc1. The van der Waals surface area contributed by atoms with E-state index in [1.807, 2.05) is 0 Å². The Labute approximate surface area is 142 Å². The summed E-state index contributed by atoms with van der Waals surface area (Å²) in [6.45, 7) is 2.75. The van der Waals surface area contributed by atoms with Crippen LogP contribution in [0.1, 0.15) is 5.56 Å². The van der Waals surface area contributed by atoms with Crippen molar-refractivity contribution in [2.24, 2.45) is 14.1 Å². The molecule has 0 aliphatic carbocycles. The van der Waals surface area contributed by atoms with Crippen molar-refractivity contribution in [3.8, 4) is 0 Å². The first kappa shape index (κ1) is 16.4. The van der Waals surface area contributed by atoms with Crippen molar-refractivity contribution >= 4 is 28.9 Å². The lowest BCUT2D eigenvalue weighted by Gasteiger charge is -2.03. The zero-order valence-corrected chi connectivity index (χ0v) is 14.6. The molecule has 0 amide bonds. The fourth-order valence-corrected chi connectivity index (χ4v) is 3.15. The van der Waals surface area contributed by atoms with E-state index in [0.717, 1.165) is 10.3 Å². The van der Waals surface area contributed by atoms with E-state index in [9.17, 15) is 9.59 Å². The van der Waals surface area contributed by atoms with Crippen LogP contribution in [-0.4, -0.2) is 31.4 Å². The Hall–Kier alpha value is -2.48. The number of imidazole rings is 1. The maximum atomic E-state index is 12.1. The summed E-state index contributed by atoms with van der Waals surface area (Å²) in [5, 5.41) is 3.16. The van der Waals surface area contributed by atoms with Gasteiger partial charge in [-0.05, 0) is 19.1 Å². The molecule has 1 aromatic carbocycles. The summed E-state index contributed by atoms with van der Waals surface area (Å²) < 4.78 is 2.43. The quantitative estimate of drug-likeness (QED) is 0.540. The van der Waals surface area contributed by atoms with Crippen LogP contribution in [-0.2, 0) is 14.1 Å². The summed E-state index contributed by atoms with van der Waals surface area (Å²) in [5.41, 5.74) is 1.17. The van der Waals surface area contributed by atoms with E-state index in [-0.39, 0.29) is 11.2 Å². The molecular formula is C16H19N5O2S. The third-order valence-corrected chi connectivity index (χ3v) is 4.79. The maximum Gasteiger partial charge on any atom is 0.332 e. The van der Waals surface area contributed by atoms with Gasteiger partial charge in [0, 0.05) is 31.3 Å². The van der Waals surface area contributed by atoms with Crippen LogP contribution in [0.2, 0.25) is 0 Å². The largest absolute Gasteiger partial charge is 0.355 e. The molecule has 2 aromatic heterocycles. The number of hydrogen-bond donors (Lipinski definition) is 2. The predicted octanol–water partition coefficient (Wildman–Crippen LogP) is 1.47. The average molecular weight is 345 g/mol. The predicted molar refractivity (Wildman–Crippen MR) is 97.0 cm³/mol. The number of aromatic nitrogens is 4. The third-order valence-electron chi connectivity index (χ3n) is 3.78. The molecule has 0 aliphatic rings. The van der Waals surface area contributed by atoms with Crippen LogP contribution in [0.3, 0.4) is 0 Å². The van der Waals surface area contributed by atoms with Gasteiger partial charge in [-0.15, -0.1) is 11.8 Å². The number of aromatic amines is 1. The summed E-state index contributed by atoms with van der Waals surface area (Å²) in [7, 11) is 3.05. The van der Waals surface area contributed by atoms with Gasteiger partial charge in [0.25, 0.3) is 5.56 Å². The second-order valence-electron chi connectivity index (χ2n) is 5.58. The molecule has 0 atom stereocenters. The number of thioether (sulfide) groups is 1. The van der Waals surface area contributed by atoms with Gasteiger partial charge in [-0.2, -0.15) is 4.98 Å². The minimum Gasteiger partial charge on any atom is -0.355 e. The molecule has 2 N–H and O–H groups in total. The van der Waals surface area contributed by atoms with Crippen molar-refractivity contribution in [2.75, 3.05) is 17.6 Å². The lowest BCUT2D eigenvalue weighted by atomic mass is 10.2. The van der Waals surface area contributed by atoms with Crippen molar-refractivity contribution in [1.82, 2.24) is 19.1 Å². The van der Waals surface area contributed by atoms with E-state index in [1.165, 1.54) is 22.1 Å². The zero-order valence-electron chi connectivity index (χ0n) is 13.8. The highest BCUT2D eigenvalue weighted by molar-refractivity contribution is 7.99. The van der Waals surface area contributed by atoms with Crippen LogP contribution < -0.4 is 16.6 Å². The topological polar surface area (TPSA) is 84.7 Å². The molecule has 0 radical (unpaired) electrons. The van der Waals surface area contributed by atoms with Gasteiger partial charge in [-0.1, -0.05) is 17.7 Å². The van der Waals surface area contributed by atoms with E-state index in [0.29, 0.717) is 23.7 Å². The van der Waals surface area contributed by atoms with E-state index in [1.54, 1.807) is 18.8 Å². The smallest absolute Gasteiger partial charge is 0.332 e. The van der Waals surface area contributed by atoms with E-state index in [2.05, 4.69) is 46.5 Å². The Morgan fingerprint density at radius 1 is 1.17 bits per heavy atom. The van der Waals surface area contributed by atoms with Gasteiger partial charge < -0.3 is 10.3 Å². The molecule has 24 heavy (non-hydrogen) atoms. The lowest BCUT2D eigenvalue weighted by Crippen LogP contribution is -2.36. The summed E-state index contributed by atoms with van der Waals surface area (Å²) >= 11 is 1.74. The van der Waals surface area contributed by atoms with Crippen LogP contribution in [0, 0.1) is 6.92 Å². The molecule has 8 heteroatoms. The minimum atomic E-state index is -0.388. The number of H-pyrrole nitrogens is 1. The van der Waals surface area contributed by atoms with Crippen molar-refractivity contribution in [3.63, 3.8) is 0 Å². The van der Waals surface area contributed by atoms with E-state index >= 15 is 0 Å². The molecule has 0 bridgehead atoms. The molecule has 126 valence electrons. The lowest BCUT2D eigenvalue weighted by molar-refractivity contribution is 0.709. The first-order chi connectivity index (χ1) is 11.5. The molecule has 2 heterocycles. The molecule has 0 saturated carbocycles. The molecule has 0 unspecified atom stereocenters. The highest BCUT2D eigenvalue weighted by atomic mass is 32.2. The number of fused-ring (bicyclic) bond motifs is 1. The van der Waals surface area contributed by atoms with Crippen LogP contribution in [0.25, 0.3) is 11.2 Å². The number of nitrogens with one attached hydrogen (secondary N) is 2. The molecule has 3 rings (SSSR count). The second kappa shape index (κ2) is 6.56. The van der Waals surface area contributed by atoms with E-state index < -0.39 is 0 Å². The van der Waals surface area contributed by atoms with Gasteiger partial charge in [0.15, 0.2) is 11.2 Å². The zero-order chi connectivity index (χ0) is 17.3. The van der Waals surface area contributed by atoms with Gasteiger partial charge in [-0.25, -0.2) is 4.79 Å². The molecule has 0 aliphatic heterocycles. The minimum absolute atomic E-state index is 0.327. The summed E-state index contributed by atoms with van der Waals surface area (Å²) in [6.07, 6.45) is 0. The number of anilines is 1. The Morgan fingerprint density at radius 3 is 2.58 bits per heavy atom. The van der Waals surface area contributed by atoms with Crippen LogP contribution in [0.5, 0.6) is 0 Å². The number of benzene rings is 1. The van der Waals surface area contributed by atoms with Crippen LogP contribution in [0.4, 0.5) is 5.95 Å². The van der Waals surface area contributed by atoms with Gasteiger partial charge in [0.05, 0.1) is 0 Å². The van der Waals surface area contributed by atoms with Gasteiger partial charge in [0.2, 0.25) is 5.95 Å². The maximum absolute atomic E-state index is 12.1. The summed E-state index contributed by atoms with van der Waals surface area (Å²) in [4.78, 5) is 32.5. The number of aryl methyl sites for hydroxylation is 2. The van der Waals surface area contributed by atoms with Crippen molar-refractivity contribution in [3.05, 3.63) is 50.7 Å². The first-order valence-corrected chi connectivity index (χ1v) is 8.55. The van der Waals surface area contributed by atoms with Gasteiger partial charge >= 0.3 is 5.69 Å². The third kappa shape index (κ3) is 3.09. The van der Waals surface area contributed by atoms with Crippen LogP contribution in [0.15, 0.2) is 38.8 Å². The highest BCUT2D eigenvalue weighted by Crippen LogP contribution is 2.18. The molecule has 7 nitrogen and oxygen atoms in total. The standard InChI is InChI=1S/C16H19N5O2S/c1-10-4-6-11(7-5-10)24-9-8-17-15-18-12-13(19-15)20(2)16(23)21(3)14(12)22/h4-7H,8-9H2,1-3H3,(H2,17,18,19). The monoisotopic (exact) mass is 345 g/mol. The highest BCUT2D eigenvalue weighted by Gasteiger charge is 2.12. The molecule has 0 spiro atoms.